The molecule has 0 heterocycles. The van der Waals surface area contributed by atoms with Crippen molar-refractivity contribution in [1.29, 1.82) is 0 Å². The summed E-state index contributed by atoms with van der Waals surface area (Å²) in [5.41, 5.74) is 2.54. The van der Waals surface area contributed by atoms with Gasteiger partial charge in [-0.1, -0.05) is 29.8 Å². The van der Waals surface area contributed by atoms with Gasteiger partial charge in [-0.3, -0.25) is 0 Å². The van der Waals surface area contributed by atoms with Gasteiger partial charge in [0.05, 0.1) is 12.7 Å². The van der Waals surface area contributed by atoms with E-state index in [-0.39, 0.29) is 6.15 Å². The average molecular weight is 208 g/mol. The van der Waals surface area contributed by atoms with E-state index in [0.29, 0.717) is 6.10 Å². The summed E-state index contributed by atoms with van der Waals surface area (Å²) in [6, 6.07) is 8.44. The Balaban J connectivity index is 0.000000583. The fraction of sp³-hybridized carbons (Fsp3) is 0.417. The fourth-order valence-corrected chi connectivity index (χ4v) is 0.947. The lowest BCUT2D eigenvalue weighted by Crippen LogP contribution is -2.01. The van der Waals surface area contributed by atoms with Crippen molar-refractivity contribution >= 4 is 6.15 Å². The summed E-state index contributed by atoms with van der Waals surface area (Å²) in [5.74, 6) is 0. The van der Waals surface area contributed by atoms with Gasteiger partial charge < -0.3 is 4.74 Å². The summed E-state index contributed by atoms with van der Waals surface area (Å²) < 4.78 is 5.47. The molecule has 1 aromatic carbocycles. The van der Waals surface area contributed by atoms with Crippen molar-refractivity contribution in [2.75, 3.05) is 0 Å². The first-order valence-corrected chi connectivity index (χ1v) is 4.76. The Morgan fingerprint density at radius 2 is 1.67 bits per heavy atom. The predicted molar refractivity (Wildman–Crippen MR) is 56.1 cm³/mol. The molecular formula is C12H16O3. The Morgan fingerprint density at radius 3 is 2.07 bits per heavy atom. The summed E-state index contributed by atoms with van der Waals surface area (Å²) >= 11 is 0. The van der Waals surface area contributed by atoms with Gasteiger partial charge in [-0.2, -0.15) is 9.59 Å². The van der Waals surface area contributed by atoms with Crippen molar-refractivity contribution in [2.45, 2.75) is 33.5 Å². The summed E-state index contributed by atoms with van der Waals surface area (Å²) in [6.45, 7) is 6.91. The maximum Gasteiger partial charge on any atom is 0.373 e. The smallest absolute Gasteiger partial charge is 0.373 e. The molecule has 3 heteroatoms. The zero-order valence-corrected chi connectivity index (χ0v) is 9.32. The number of benzene rings is 1. The average Bonchev–Trinajstić information content (AvgIpc) is 2.18. The molecule has 0 aliphatic heterocycles. The van der Waals surface area contributed by atoms with Crippen molar-refractivity contribution in [2.24, 2.45) is 0 Å². The maximum atomic E-state index is 8.12. The summed E-state index contributed by atoms with van der Waals surface area (Å²) in [5, 5.41) is 0. The van der Waals surface area contributed by atoms with Crippen LogP contribution >= 0.6 is 0 Å². The third-order valence-corrected chi connectivity index (χ3v) is 1.70. The Kier molecular flexibility index (Phi) is 7.16. The normalized spacial score (nSPS) is 9.07. The van der Waals surface area contributed by atoms with Crippen LogP contribution in [0.1, 0.15) is 25.0 Å². The van der Waals surface area contributed by atoms with E-state index >= 15 is 0 Å². The second-order valence-corrected chi connectivity index (χ2v) is 3.43. The second-order valence-electron chi connectivity index (χ2n) is 3.43. The van der Waals surface area contributed by atoms with E-state index in [4.69, 9.17) is 14.3 Å². The van der Waals surface area contributed by atoms with E-state index in [1.54, 1.807) is 0 Å². The molecule has 0 fully saturated rings. The first kappa shape index (κ1) is 13.6. The molecule has 0 aliphatic carbocycles. The molecule has 0 saturated carbocycles. The summed E-state index contributed by atoms with van der Waals surface area (Å²) in [4.78, 5) is 16.2. The lowest BCUT2D eigenvalue weighted by atomic mass is 10.2. The van der Waals surface area contributed by atoms with Gasteiger partial charge in [0.15, 0.2) is 0 Å². The minimum atomic E-state index is 0.250. The van der Waals surface area contributed by atoms with Gasteiger partial charge in [0.2, 0.25) is 0 Å². The largest absolute Gasteiger partial charge is 0.374 e. The highest BCUT2D eigenvalue weighted by molar-refractivity contribution is 5.20. The molecule has 0 unspecified atom stereocenters. The number of ether oxygens (including phenoxy) is 1. The molecule has 0 radical (unpaired) electrons. The van der Waals surface area contributed by atoms with Crippen molar-refractivity contribution in [1.82, 2.24) is 0 Å². The standard InChI is InChI=1S/C11H16O.CO2/c1-9(2)12-8-11-6-4-10(3)5-7-11;2-1-3/h4-7,9H,8H2,1-3H3;. The zero-order valence-electron chi connectivity index (χ0n) is 9.32. The number of hydrogen-bond donors (Lipinski definition) is 0. The molecule has 3 nitrogen and oxygen atoms in total. The molecule has 0 aromatic heterocycles. The fourth-order valence-electron chi connectivity index (χ4n) is 0.947. The number of rotatable bonds is 3. The lowest BCUT2D eigenvalue weighted by Gasteiger charge is -2.07. The van der Waals surface area contributed by atoms with Crippen LogP contribution in [0.2, 0.25) is 0 Å². The third-order valence-electron chi connectivity index (χ3n) is 1.70. The van der Waals surface area contributed by atoms with Crippen molar-refractivity contribution in [3.8, 4) is 0 Å². The van der Waals surface area contributed by atoms with E-state index < -0.39 is 0 Å². The SMILES string of the molecule is Cc1ccc(COC(C)C)cc1.O=C=O. The first-order valence-electron chi connectivity index (χ1n) is 4.76. The van der Waals surface area contributed by atoms with Gasteiger partial charge in [0.25, 0.3) is 0 Å². The van der Waals surface area contributed by atoms with Gasteiger partial charge in [-0.05, 0) is 26.3 Å². The molecule has 1 aromatic rings. The molecule has 0 amide bonds. The number of hydrogen-bond acceptors (Lipinski definition) is 3. The van der Waals surface area contributed by atoms with E-state index in [9.17, 15) is 0 Å². The Labute approximate surface area is 90.1 Å². The van der Waals surface area contributed by atoms with Crippen molar-refractivity contribution < 1.29 is 14.3 Å². The Morgan fingerprint density at radius 1 is 1.20 bits per heavy atom. The van der Waals surface area contributed by atoms with Gasteiger partial charge in [-0.15, -0.1) is 0 Å². The second kappa shape index (κ2) is 7.92. The molecule has 0 saturated heterocycles. The first-order chi connectivity index (χ1) is 7.10. The maximum absolute atomic E-state index is 8.12. The van der Waals surface area contributed by atoms with Crippen LogP contribution in [0.15, 0.2) is 24.3 Å². The highest BCUT2D eigenvalue weighted by Gasteiger charge is 1.94. The predicted octanol–water partition coefficient (Wildman–Crippen LogP) is 2.34. The van der Waals surface area contributed by atoms with Crippen LogP contribution in [0.4, 0.5) is 0 Å². The minimum Gasteiger partial charge on any atom is -0.374 e. The molecule has 82 valence electrons. The van der Waals surface area contributed by atoms with Crippen LogP contribution in [-0.4, -0.2) is 12.3 Å². The van der Waals surface area contributed by atoms with Crippen LogP contribution in [-0.2, 0) is 20.9 Å². The van der Waals surface area contributed by atoms with Crippen LogP contribution < -0.4 is 0 Å². The van der Waals surface area contributed by atoms with E-state index in [1.807, 2.05) is 13.8 Å². The van der Waals surface area contributed by atoms with Gasteiger partial charge >= 0.3 is 6.15 Å². The van der Waals surface area contributed by atoms with Gasteiger partial charge in [0, 0.05) is 0 Å². The summed E-state index contributed by atoms with van der Waals surface area (Å²) in [7, 11) is 0. The van der Waals surface area contributed by atoms with E-state index in [2.05, 4.69) is 31.2 Å². The Bertz CT molecular complexity index is 295. The van der Waals surface area contributed by atoms with Crippen LogP contribution in [0.25, 0.3) is 0 Å². The van der Waals surface area contributed by atoms with Crippen LogP contribution in [0.3, 0.4) is 0 Å². The highest BCUT2D eigenvalue weighted by Crippen LogP contribution is 2.05. The third kappa shape index (κ3) is 7.62. The van der Waals surface area contributed by atoms with E-state index in [1.165, 1.54) is 11.1 Å². The molecule has 0 aliphatic rings. The molecular weight excluding hydrogens is 192 g/mol. The van der Waals surface area contributed by atoms with Crippen LogP contribution in [0.5, 0.6) is 0 Å². The quantitative estimate of drug-likeness (QED) is 0.765. The van der Waals surface area contributed by atoms with Gasteiger partial charge in [0.1, 0.15) is 0 Å². The van der Waals surface area contributed by atoms with Crippen molar-refractivity contribution in [3.63, 3.8) is 0 Å². The minimum absolute atomic E-state index is 0.250. The highest BCUT2D eigenvalue weighted by atomic mass is 16.5. The zero-order chi connectivity index (χ0) is 11.7. The van der Waals surface area contributed by atoms with Crippen LogP contribution in [0, 0.1) is 6.92 Å². The monoisotopic (exact) mass is 208 g/mol. The molecule has 1 rings (SSSR count). The summed E-state index contributed by atoms with van der Waals surface area (Å²) in [6.07, 6.45) is 0.561. The lowest BCUT2D eigenvalue weighted by molar-refractivity contribution is -0.191. The topological polar surface area (TPSA) is 43.4 Å². The van der Waals surface area contributed by atoms with Crippen molar-refractivity contribution in [3.05, 3.63) is 35.4 Å². The molecule has 15 heavy (non-hydrogen) atoms. The molecule has 0 N–H and O–H groups in total. The number of aryl methyl sites for hydroxylation is 1. The van der Waals surface area contributed by atoms with Gasteiger partial charge in [-0.25, -0.2) is 0 Å². The van der Waals surface area contributed by atoms with E-state index in [0.717, 1.165) is 6.61 Å². The molecule has 0 spiro atoms. The molecule has 0 atom stereocenters. The molecule has 0 bridgehead atoms. The number of carbonyl (C=O) groups excluding carboxylic acids is 2. The Hall–Kier alpha value is -1.44.